The Balaban J connectivity index is 2.28. The van der Waals surface area contributed by atoms with Gasteiger partial charge in [-0.15, -0.1) is 0 Å². The monoisotopic (exact) mass is 414 g/mol. The molecule has 2 aromatic carbocycles. The molecule has 0 saturated heterocycles. The zero-order valence-electron chi connectivity index (χ0n) is 9.81. The predicted molar refractivity (Wildman–Crippen MR) is 85.6 cm³/mol. The molecule has 1 nitrogen and oxygen atoms in total. The van der Waals surface area contributed by atoms with Crippen LogP contribution in [-0.4, -0.2) is 21.6 Å². The average molecular weight is 413 g/mol. The third kappa shape index (κ3) is 2.00. The summed E-state index contributed by atoms with van der Waals surface area (Å²) in [6.07, 6.45) is 0. The Labute approximate surface area is 126 Å². The average Bonchev–Trinajstić information content (AvgIpc) is 2.76. The molecule has 0 saturated carbocycles. The van der Waals surface area contributed by atoms with E-state index < -0.39 is 0 Å². The van der Waals surface area contributed by atoms with Gasteiger partial charge in [-0.1, -0.05) is 0 Å². The van der Waals surface area contributed by atoms with Crippen molar-refractivity contribution in [2.75, 3.05) is 7.11 Å². The molecule has 3 heteroatoms. The van der Waals surface area contributed by atoms with E-state index in [0.717, 1.165) is 5.75 Å². The van der Waals surface area contributed by atoms with Gasteiger partial charge < -0.3 is 0 Å². The van der Waals surface area contributed by atoms with E-state index in [1.807, 2.05) is 12.1 Å². The Bertz CT molecular complexity index is 703. The number of methoxy groups -OCH3 is 1. The summed E-state index contributed by atoms with van der Waals surface area (Å²) in [6.45, 7) is 0. The summed E-state index contributed by atoms with van der Waals surface area (Å²) in [5.74, 6) is 0.969. The fourth-order valence-electron chi connectivity index (χ4n) is 2.02. The first-order chi connectivity index (χ1) is 8.81. The van der Waals surface area contributed by atoms with Crippen LogP contribution in [-0.2, 0) is 0 Å². The normalized spacial score (nSPS) is 10.8. The van der Waals surface area contributed by atoms with Crippen LogP contribution in [0.15, 0.2) is 48.5 Å². The number of rotatable bonds is 2. The van der Waals surface area contributed by atoms with Crippen molar-refractivity contribution in [1.82, 2.24) is 0 Å². The predicted octanol–water partition coefficient (Wildman–Crippen LogP) is 4.18. The van der Waals surface area contributed by atoms with Crippen molar-refractivity contribution < 1.29 is 4.74 Å². The molecule has 3 aromatic rings. The molecule has 0 atom stereocenters. The molecule has 0 aliphatic carbocycles. The molecule has 0 radical (unpaired) electrons. The van der Waals surface area contributed by atoms with Gasteiger partial charge in [0.1, 0.15) is 0 Å². The van der Waals surface area contributed by atoms with Crippen molar-refractivity contribution in [3.05, 3.63) is 52.1 Å². The molecule has 0 fully saturated rings. The second-order valence-corrected chi connectivity index (χ2v) is 7.23. The van der Waals surface area contributed by atoms with Crippen LogP contribution in [0.5, 0.6) is 5.75 Å². The molecule has 0 bridgehead atoms. The molecule has 1 heterocycles. The van der Waals surface area contributed by atoms with E-state index in [0.29, 0.717) is 14.5 Å². The minimum absolute atomic E-state index is 0.377. The van der Waals surface area contributed by atoms with Gasteiger partial charge >= 0.3 is 126 Å². The van der Waals surface area contributed by atoms with E-state index in [2.05, 4.69) is 59.0 Å². The summed E-state index contributed by atoms with van der Waals surface area (Å²) in [5.41, 5.74) is 1.24. The van der Waals surface area contributed by atoms with Crippen molar-refractivity contribution in [2.24, 2.45) is 0 Å². The van der Waals surface area contributed by atoms with Crippen LogP contribution < -0.4 is 4.74 Å². The maximum absolute atomic E-state index is 5.48. The Morgan fingerprint density at radius 2 is 1.72 bits per heavy atom. The Hall–Kier alpha value is -0.771. The van der Waals surface area contributed by atoms with E-state index in [1.165, 1.54) is 23.2 Å². The Morgan fingerprint density at radius 3 is 2.50 bits per heavy atom. The van der Waals surface area contributed by atoms with E-state index in [-0.39, 0.29) is 0 Å². The van der Waals surface area contributed by atoms with Crippen LogP contribution >= 0.6 is 22.6 Å². The zero-order chi connectivity index (χ0) is 12.5. The van der Waals surface area contributed by atoms with Gasteiger partial charge in [0.25, 0.3) is 0 Å². The van der Waals surface area contributed by atoms with Crippen LogP contribution in [0.25, 0.3) is 19.6 Å². The molecule has 90 valence electrons. The van der Waals surface area contributed by atoms with E-state index >= 15 is 0 Å². The number of halogens is 1. The van der Waals surface area contributed by atoms with Gasteiger partial charge in [0.2, 0.25) is 0 Å². The molecule has 0 amide bonds. The molecule has 18 heavy (non-hydrogen) atoms. The van der Waals surface area contributed by atoms with Gasteiger partial charge in [-0.3, -0.25) is 0 Å². The summed E-state index contributed by atoms with van der Waals surface area (Å²) in [6, 6.07) is 17.0. The van der Waals surface area contributed by atoms with Crippen LogP contribution in [0, 0.1) is 3.57 Å². The van der Waals surface area contributed by atoms with Crippen molar-refractivity contribution >= 4 is 46.7 Å². The first kappa shape index (κ1) is 12.3. The summed E-state index contributed by atoms with van der Waals surface area (Å²) in [4.78, 5) is 0. The number of hydrogen-bond acceptors (Lipinski definition) is 1. The molecule has 1 aromatic heterocycles. The molecule has 0 N–H and O–H groups in total. The van der Waals surface area contributed by atoms with Crippen LogP contribution in [0.3, 0.4) is 0 Å². The molecular formula is C15H11IOSe. The molecule has 0 aliphatic heterocycles. The quantitative estimate of drug-likeness (QED) is 0.453. The molecular weight excluding hydrogens is 402 g/mol. The van der Waals surface area contributed by atoms with E-state index in [1.54, 1.807) is 7.11 Å². The standard InChI is InChI=1S/C15H11IOSe/c1-17-12-8-4-2-6-10(12)15-14(16)11-7-3-5-9-13(11)18-15/h2-9H,1H3. The number of benzene rings is 2. The number of fused-ring (bicyclic) bond motifs is 1. The maximum atomic E-state index is 5.48. The molecule has 0 spiro atoms. The summed E-state index contributed by atoms with van der Waals surface area (Å²) < 4.78 is 9.75. The van der Waals surface area contributed by atoms with E-state index in [9.17, 15) is 0 Å². The second kappa shape index (κ2) is 5.08. The number of hydrogen-bond donors (Lipinski definition) is 0. The van der Waals surface area contributed by atoms with Gasteiger partial charge in [0.15, 0.2) is 0 Å². The summed E-state index contributed by atoms with van der Waals surface area (Å²) in [7, 11) is 1.74. The van der Waals surface area contributed by atoms with Crippen molar-refractivity contribution in [2.45, 2.75) is 0 Å². The van der Waals surface area contributed by atoms with Gasteiger partial charge in [-0.05, 0) is 0 Å². The Kier molecular flexibility index (Phi) is 3.46. The van der Waals surface area contributed by atoms with Crippen LogP contribution in [0.1, 0.15) is 0 Å². The summed E-state index contributed by atoms with van der Waals surface area (Å²) in [5, 5.41) is 1.39. The van der Waals surface area contributed by atoms with Gasteiger partial charge in [0.05, 0.1) is 0 Å². The number of para-hydroxylation sites is 1. The molecule has 3 rings (SSSR count). The number of ether oxygens (including phenoxy) is 1. The second-order valence-electron chi connectivity index (χ2n) is 3.94. The minimum atomic E-state index is 0.377. The third-order valence-electron chi connectivity index (χ3n) is 2.89. The van der Waals surface area contributed by atoms with Crippen molar-refractivity contribution in [3.8, 4) is 15.8 Å². The summed E-state index contributed by atoms with van der Waals surface area (Å²) >= 11 is 2.84. The fourth-order valence-corrected chi connectivity index (χ4v) is 6.12. The third-order valence-corrected chi connectivity index (χ3v) is 7.36. The molecule has 0 unspecified atom stereocenters. The van der Waals surface area contributed by atoms with Gasteiger partial charge in [0, 0.05) is 0 Å². The van der Waals surface area contributed by atoms with Gasteiger partial charge in [-0.25, -0.2) is 0 Å². The zero-order valence-corrected chi connectivity index (χ0v) is 13.7. The van der Waals surface area contributed by atoms with Crippen molar-refractivity contribution in [1.29, 1.82) is 0 Å². The Morgan fingerprint density at radius 1 is 1.00 bits per heavy atom. The van der Waals surface area contributed by atoms with Crippen LogP contribution in [0.2, 0.25) is 0 Å². The first-order valence-electron chi connectivity index (χ1n) is 5.61. The van der Waals surface area contributed by atoms with Gasteiger partial charge in [-0.2, -0.15) is 0 Å². The van der Waals surface area contributed by atoms with Crippen LogP contribution in [0.4, 0.5) is 0 Å². The SMILES string of the molecule is COc1ccccc1-c1[se]c2ccccc2c1I. The fraction of sp³-hybridized carbons (Fsp3) is 0.0667. The molecule has 0 aliphatic rings. The van der Waals surface area contributed by atoms with Crippen molar-refractivity contribution in [3.63, 3.8) is 0 Å². The van der Waals surface area contributed by atoms with E-state index in [4.69, 9.17) is 4.74 Å². The topological polar surface area (TPSA) is 9.23 Å². The first-order valence-corrected chi connectivity index (χ1v) is 8.41.